The van der Waals surface area contributed by atoms with Crippen LogP contribution in [0.25, 0.3) is 11.0 Å². The molecule has 8 heteroatoms. The highest BCUT2D eigenvalue weighted by molar-refractivity contribution is 5.78. The smallest absolute Gasteiger partial charge is 0.280 e. The minimum absolute atomic E-state index is 0.00909. The van der Waals surface area contributed by atoms with Gasteiger partial charge in [0.2, 0.25) is 5.91 Å². The van der Waals surface area contributed by atoms with Crippen molar-refractivity contribution in [2.24, 2.45) is 0 Å². The normalized spacial score (nSPS) is 17.7. The van der Waals surface area contributed by atoms with Crippen molar-refractivity contribution in [2.45, 2.75) is 38.1 Å². The molecule has 1 aromatic carbocycles. The van der Waals surface area contributed by atoms with Crippen molar-refractivity contribution >= 4 is 16.9 Å². The highest BCUT2D eigenvalue weighted by Crippen LogP contribution is 2.31. The maximum Gasteiger partial charge on any atom is 0.280 e. The van der Waals surface area contributed by atoms with E-state index in [-0.39, 0.29) is 29.7 Å². The van der Waals surface area contributed by atoms with Crippen molar-refractivity contribution in [3.63, 3.8) is 0 Å². The Labute approximate surface area is 148 Å². The lowest BCUT2D eigenvalue weighted by Crippen LogP contribution is -2.39. The number of imidazole rings is 1. The molecule has 1 unspecified atom stereocenters. The number of nitrogens with zero attached hydrogens (tertiary/aromatic N) is 2. The van der Waals surface area contributed by atoms with Gasteiger partial charge in [0.05, 0.1) is 17.1 Å². The molecule has 1 amide bonds. The highest BCUT2D eigenvalue weighted by Gasteiger charge is 2.30. The molecule has 0 aliphatic carbocycles. The van der Waals surface area contributed by atoms with E-state index in [0.29, 0.717) is 35.6 Å². The van der Waals surface area contributed by atoms with E-state index in [1.807, 2.05) is 4.90 Å². The number of hydrogen-bond donors (Lipinski definition) is 2. The van der Waals surface area contributed by atoms with E-state index in [0.717, 1.165) is 19.3 Å². The third-order valence-corrected chi connectivity index (χ3v) is 4.76. The molecule has 4 rings (SSSR count). The monoisotopic (exact) mass is 358 g/mol. The van der Waals surface area contributed by atoms with Gasteiger partial charge in [-0.2, -0.15) is 5.16 Å². The Balaban J connectivity index is 1.53. The van der Waals surface area contributed by atoms with Gasteiger partial charge < -0.3 is 14.4 Å². The number of likely N-dealkylation sites (tertiary alicyclic amines) is 1. The summed E-state index contributed by atoms with van der Waals surface area (Å²) in [5.41, 5.74) is 1.01. The van der Waals surface area contributed by atoms with Gasteiger partial charge in [0, 0.05) is 25.5 Å². The van der Waals surface area contributed by atoms with Gasteiger partial charge in [-0.1, -0.05) is 0 Å². The fourth-order valence-corrected chi connectivity index (χ4v) is 3.49. The fraction of sp³-hybridized carbons (Fsp3) is 0.389. The molecule has 2 N–H and O–H groups in total. The number of carbonyl (C=O) groups is 1. The van der Waals surface area contributed by atoms with Crippen LogP contribution in [0.5, 0.6) is 0 Å². The van der Waals surface area contributed by atoms with Gasteiger partial charge in [0.1, 0.15) is 17.4 Å². The molecule has 1 fully saturated rings. The van der Waals surface area contributed by atoms with Crippen LogP contribution in [0.15, 0.2) is 33.6 Å². The zero-order valence-electron chi connectivity index (χ0n) is 14.1. The molecular weight excluding hydrogens is 339 g/mol. The average Bonchev–Trinajstić information content (AvgIpc) is 3.25. The molecule has 1 aliphatic rings. The number of fused-ring (bicyclic) bond motifs is 1. The Morgan fingerprint density at radius 1 is 1.35 bits per heavy atom. The fourth-order valence-electron chi connectivity index (χ4n) is 3.49. The third kappa shape index (κ3) is 3.26. The van der Waals surface area contributed by atoms with Crippen molar-refractivity contribution in [2.75, 3.05) is 6.54 Å². The van der Waals surface area contributed by atoms with Gasteiger partial charge >= 0.3 is 0 Å². The SMILES string of the molecule is O=C(CCc1cc(=O)[nH]o1)N1CCCCC1c1nc2ccc(F)cc2[nH]1. The average molecular weight is 358 g/mol. The van der Waals surface area contributed by atoms with Crippen LogP contribution in [0.4, 0.5) is 4.39 Å². The van der Waals surface area contributed by atoms with Crippen LogP contribution >= 0.6 is 0 Å². The number of hydrogen-bond acceptors (Lipinski definition) is 4. The van der Waals surface area contributed by atoms with Crippen LogP contribution in [0.1, 0.15) is 43.3 Å². The highest BCUT2D eigenvalue weighted by atomic mass is 19.1. The lowest BCUT2D eigenvalue weighted by molar-refractivity contribution is -0.135. The topological polar surface area (TPSA) is 95.0 Å². The Morgan fingerprint density at radius 3 is 3.04 bits per heavy atom. The summed E-state index contributed by atoms with van der Waals surface area (Å²) in [5, 5.41) is 2.22. The van der Waals surface area contributed by atoms with Gasteiger partial charge in [-0.05, 0) is 37.5 Å². The summed E-state index contributed by atoms with van der Waals surface area (Å²) in [7, 11) is 0. The molecule has 2 aromatic heterocycles. The number of amides is 1. The first-order chi connectivity index (χ1) is 12.6. The first-order valence-electron chi connectivity index (χ1n) is 8.72. The number of carbonyl (C=O) groups excluding carboxylic acids is 1. The van der Waals surface area contributed by atoms with E-state index >= 15 is 0 Å². The van der Waals surface area contributed by atoms with Gasteiger partial charge in [0.15, 0.2) is 0 Å². The predicted molar refractivity (Wildman–Crippen MR) is 92.0 cm³/mol. The number of rotatable bonds is 4. The van der Waals surface area contributed by atoms with Crippen molar-refractivity contribution in [3.05, 3.63) is 52.0 Å². The van der Waals surface area contributed by atoms with Crippen molar-refractivity contribution in [3.8, 4) is 0 Å². The van der Waals surface area contributed by atoms with Crippen LogP contribution in [-0.4, -0.2) is 32.5 Å². The standard InChI is InChI=1S/C18H19FN4O3/c19-11-4-6-13-14(9-11)21-18(20-13)15-3-1-2-8-23(15)17(25)7-5-12-10-16(24)22-26-12/h4,6,9-10,15H,1-3,5,7-8H2,(H,20,21)(H,22,24). The first-order valence-corrected chi connectivity index (χ1v) is 8.72. The minimum atomic E-state index is -0.322. The van der Waals surface area contributed by atoms with E-state index < -0.39 is 0 Å². The Morgan fingerprint density at radius 2 is 2.23 bits per heavy atom. The summed E-state index contributed by atoms with van der Waals surface area (Å²) in [6.07, 6.45) is 3.38. The quantitative estimate of drug-likeness (QED) is 0.750. The largest absolute Gasteiger partial charge is 0.384 e. The molecule has 3 aromatic rings. The Kier molecular flexibility index (Phi) is 4.32. The molecule has 0 radical (unpaired) electrons. The van der Waals surface area contributed by atoms with E-state index in [2.05, 4.69) is 15.1 Å². The Hall–Kier alpha value is -2.90. The molecule has 0 saturated carbocycles. The van der Waals surface area contributed by atoms with Crippen molar-refractivity contribution in [1.29, 1.82) is 0 Å². The molecule has 1 atom stereocenters. The van der Waals surface area contributed by atoms with E-state index in [1.165, 1.54) is 18.2 Å². The molecule has 1 saturated heterocycles. The number of piperidine rings is 1. The van der Waals surface area contributed by atoms with Gasteiger partial charge in [0.25, 0.3) is 5.56 Å². The lowest BCUT2D eigenvalue weighted by Gasteiger charge is -2.34. The van der Waals surface area contributed by atoms with Gasteiger partial charge in [-0.25, -0.2) is 9.37 Å². The minimum Gasteiger partial charge on any atom is -0.384 e. The summed E-state index contributed by atoms with van der Waals surface area (Å²) in [5.74, 6) is 0.824. The second-order valence-electron chi connectivity index (χ2n) is 6.56. The number of benzene rings is 1. The summed E-state index contributed by atoms with van der Waals surface area (Å²) >= 11 is 0. The zero-order chi connectivity index (χ0) is 18.1. The molecule has 1 aliphatic heterocycles. The van der Waals surface area contributed by atoms with Gasteiger partial charge in [-0.15, -0.1) is 0 Å². The van der Waals surface area contributed by atoms with E-state index in [4.69, 9.17) is 4.52 Å². The number of aryl methyl sites for hydroxylation is 1. The van der Waals surface area contributed by atoms with Crippen LogP contribution in [0.2, 0.25) is 0 Å². The van der Waals surface area contributed by atoms with Crippen molar-refractivity contribution < 1.29 is 13.7 Å². The number of H-pyrrole nitrogens is 2. The van der Waals surface area contributed by atoms with E-state index in [1.54, 1.807) is 6.07 Å². The molecule has 0 bridgehead atoms. The summed E-state index contributed by atoms with van der Waals surface area (Å²) < 4.78 is 18.4. The lowest BCUT2D eigenvalue weighted by atomic mass is 10.0. The van der Waals surface area contributed by atoms with Crippen LogP contribution < -0.4 is 5.56 Å². The van der Waals surface area contributed by atoms with Crippen LogP contribution in [-0.2, 0) is 11.2 Å². The second kappa shape index (κ2) is 6.78. The van der Waals surface area contributed by atoms with Crippen LogP contribution in [0.3, 0.4) is 0 Å². The zero-order valence-corrected chi connectivity index (χ0v) is 14.1. The second-order valence-corrected chi connectivity index (χ2v) is 6.56. The number of aromatic nitrogens is 3. The molecule has 3 heterocycles. The number of halogens is 1. The third-order valence-electron chi connectivity index (χ3n) is 4.76. The van der Waals surface area contributed by atoms with Gasteiger partial charge in [-0.3, -0.25) is 9.59 Å². The summed E-state index contributed by atoms with van der Waals surface area (Å²) in [4.78, 5) is 33.4. The molecule has 7 nitrogen and oxygen atoms in total. The first kappa shape index (κ1) is 16.6. The summed E-state index contributed by atoms with van der Waals surface area (Å²) in [6.45, 7) is 0.659. The maximum absolute atomic E-state index is 13.4. The molecule has 0 spiro atoms. The maximum atomic E-state index is 13.4. The number of aromatic amines is 2. The van der Waals surface area contributed by atoms with Crippen LogP contribution in [0, 0.1) is 5.82 Å². The molecular formula is C18H19FN4O3. The number of nitrogens with one attached hydrogen (secondary N) is 2. The predicted octanol–water partition coefficient (Wildman–Crippen LogP) is 2.67. The Bertz CT molecular complexity index is 990. The molecule has 26 heavy (non-hydrogen) atoms. The van der Waals surface area contributed by atoms with E-state index in [9.17, 15) is 14.0 Å². The summed E-state index contributed by atoms with van der Waals surface area (Å²) in [6, 6.07) is 5.63. The molecule has 136 valence electrons. The van der Waals surface area contributed by atoms with Crippen molar-refractivity contribution in [1.82, 2.24) is 20.0 Å².